The second-order valence-corrected chi connectivity index (χ2v) is 2.80. The minimum atomic E-state index is -4.78. The number of ether oxygens (including phenoxy) is 3. The summed E-state index contributed by atoms with van der Waals surface area (Å²) >= 11 is 0. The maximum atomic E-state index is 12.0. The molecule has 16 heavy (non-hydrogen) atoms. The molecule has 86 valence electrons. The highest BCUT2D eigenvalue weighted by Crippen LogP contribution is 2.24. The summed E-state index contributed by atoms with van der Waals surface area (Å²) in [7, 11) is 6.71. The van der Waals surface area contributed by atoms with Gasteiger partial charge in [0.15, 0.2) is 6.79 Å². The van der Waals surface area contributed by atoms with E-state index in [1.807, 2.05) is 0 Å². The lowest BCUT2D eigenvalue weighted by atomic mass is 9.95. The van der Waals surface area contributed by atoms with Crippen molar-refractivity contribution in [3.63, 3.8) is 0 Å². The van der Waals surface area contributed by atoms with E-state index in [0.717, 1.165) is 6.07 Å². The van der Waals surface area contributed by atoms with E-state index in [2.05, 4.69) is 9.47 Å². The number of halogens is 3. The molecule has 1 aromatic carbocycles. The topological polar surface area (TPSA) is 27.7 Å². The minimum Gasteiger partial charge on any atom is -0.467 e. The Hall–Kier alpha value is -1.37. The van der Waals surface area contributed by atoms with Gasteiger partial charge in [-0.2, -0.15) is 0 Å². The van der Waals surface area contributed by atoms with Crippen LogP contribution < -0.4 is 14.9 Å². The first-order chi connectivity index (χ1) is 7.42. The van der Waals surface area contributed by atoms with Gasteiger partial charge in [-0.05, 0) is 6.07 Å². The number of methoxy groups -OCH3 is 1. The fraction of sp³-hybridized carbons (Fsp3) is 0.333. The van der Waals surface area contributed by atoms with Crippen molar-refractivity contribution in [3.8, 4) is 11.5 Å². The van der Waals surface area contributed by atoms with Crippen LogP contribution in [0.15, 0.2) is 18.2 Å². The zero-order valence-corrected chi connectivity index (χ0v) is 8.38. The van der Waals surface area contributed by atoms with Crippen LogP contribution in [-0.4, -0.2) is 28.1 Å². The lowest BCUT2D eigenvalue weighted by Gasteiger charge is -2.13. The van der Waals surface area contributed by atoms with Crippen LogP contribution in [-0.2, 0) is 4.74 Å². The Morgan fingerprint density at radius 1 is 1.31 bits per heavy atom. The Labute approximate surface area is 91.5 Å². The lowest BCUT2D eigenvalue weighted by Crippen LogP contribution is -2.22. The van der Waals surface area contributed by atoms with E-state index in [0.29, 0.717) is 0 Å². The highest BCUT2D eigenvalue weighted by molar-refractivity contribution is 6.34. The van der Waals surface area contributed by atoms with Crippen molar-refractivity contribution >= 4 is 13.3 Å². The number of benzene rings is 1. The Balaban J connectivity index is 2.82. The molecule has 0 aromatic heterocycles. The first-order valence-corrected chi connectivity index (χ1v) is 4.19. The molecule has 2 radical (unpaired) electrons. The molecule has 0 saturated carbocycles. The maximum absolute atomic E-state index is 12.0. The van der Waals surface area contributed by atoms with Gasteiger partial charge in [-0.1, -0.05) is 11.5 Å². The average Bonchev–Trinajstić information content (AvgIpc) is 2.17. The van der Waals surface area contributed by atoms with Gasteiger partial charge in [0.1, 0.15) is 19.3 Å². The highest BCUT2D eigenvalue weighted by Gasteiger charge is 2.31. The summed E-state index contributed by atoms with van der Waals surface area (Å²) in [5.41, 5.74) is -0.123. The zero-order chi connectivity index (χ0) is 12.2. The van der Waals surface area contributed by atoms with E-state index in [-0.39, 0.29) is 18.0 Å². The van der Waals surface area contributed by atoms with Gasteiger partial charge >= 0.3 is 6.36 Å². The van der Waals surface area contributed by atoms with Gasteiger partial charge in [0.25, 0.3) is 0 Å². The normalized spacial score (nSPS) is 11.2. The van der Waals surface area contributed by atoms with E-state index in [9.17, 15) is 13.2 Å². The largest absolute Gasteiger partial charge is 0.573 e. The molecule has 0 unspecified atom stereocenters. The molecule has 7 heteroatoms. The van der Waals surface area contributed by atoms with Crippen LogP contribution in [0, 0.1) is 0 Å². The van der Waals surface area contributed by atoms with Gasteiger partial charge < -0.3 is 14.2 Å². The molecule has 0 heterocycles. The van der Waals surface area contributed by atoms with Crippen LogP contribution in [0.25, 0.3) is 0 Å². The van der Waals surface area contributed by atoms with Crippen molar-refractivity contribution < 1.29 is 27.4 Å². The molecule has 0 N–H and O–H groups in total. The SMILES string of the molecule is [B]c1ccc(OCOC)cc1OC(F)(F)F. The smallest absolute Gasteiger partial charge is 0.467 e. The van der Waals surface area contributed by atoms with Gasteiger partial charge in [0, 0.05) is 13.2 Å². The van der Waals surface area contributed by atoms with Crippen LogP contribution in [0.1, 0.15) is 0 Å². The first kappa shape index (κ1) is 12.7. The molecule has 0 saturated heterocycles. The van der Waals surface area contributed by atoms with Crippen molar-refractivity contribution in [3.05, 3.63) is 18.2 Å². The van der Waals surface area contributed by atoms with Crippen LogP contribution in [0.3, 0.4) is 0 Å². The Bertz CT molecular complexity index is 354. The summed E-state index contributed by atoms with van der Waals surface area (Å²) < 4.78 is 49.1. The van der Waals surface area contributed by atoms with Crippen molar-refractivity contribution in [1.82, 2.24) is 0 Å². The monoisotopic (exact) mass is 232 g/mol. The summed E-state index contributed by atoms with van der Waals surface area (Å²) in [4.78, 5) is 0. The van der Waals surface area contributed by atoms with Gasteiger partial charge in [-0.25, -0.2) is 0 Å². The fourth-order valence-corrected chi connectivity index (χ4v) is 0.945. The van der Waals surface area contributed by atoms with Crippen molar-refractivity contribution in [2.45, 2.75) is 6.36 Å². The molecule has 0 aliphatic rings. The predicted octanol–water partition coefficient (Wildman–Crippen LogP) is 1.36. The molecule has 3 nitrogen and oxygen atoms in total. The van der Waals surface area contributed by atoms with Gasteiger partial charge in [0.2, 0.25) is 0 Å². The van der Waals surface area contributed by atoms with Crippen molar-refractivity contribution in [2.75, 3.05) is 13.9 Å². The van der Waals surface area contributed by atoms with Gasteiger partial charge in [-0.15, -0.1) is 13.2 Å². The number of hydrogen-bond acceptors (Lipinski definition) is 3. The van der Waals surface area contributed by atoms with E-state index < -0.39 is 12.1 Å². The molecule has 0 aliphatic carbocycles. The van der Waals surface area contributed by atoms with Gasteiger partial charge in [-0.3, -0.25) is 0 Å². The maximum Gasteiger partial charge on any atom is 0.573 e. The summed E-state index contributed by atoms with van der Waals surface area (Å²) in [6.45, 7) is -0.0740. The molecular formula is C9H8BF3O3. The Morgan fingerprint density at radius 2 is 2.00 bits per heavy atom. The van der Waals surface area contributed by atoms with Crippen LogP contribution in [0.2, 0.25) is 0 Å². The molecule has 1 aromatic rings. The summed E-state index contributed by atoms with van der Waals surface area (Å²) in [6.07, 6.45) is -4.78. The van der Waals surface area contributed by atoms with E-state index in [4.69, 9.17) is 12.6 Å². The van der Waals surface area contributed by atoms with Crippen molar-refractivity contribution in [2.24, 2.45) is 0 Å². The quantitative estimate of drug-likeness (QED) is 0.579. The molecule has 0 aliphatic heterocycles. The van der Waals surface area contributed by atoms with Crippen LogP contribution in [0.5, 0.6) is 11.5 Å². The third-order valence-electron chi connectivity index (χ3n) is 1.55. The summed E-state index contributed by atoms with van der Waals surface area (Å²) in [5, 5.41) is 0. The number of rotatable bonds is 4. The molecule has 1 rings (SSSR count). The minimum absolute atomic E-state index is 0.0740. The standard InChI is InChI=1S/C9H8BF3O3/c1-14-5-15-6-2-3-7(10)8(4-6)16-9(11,12)13/h2-4H,5H2,1H3. The predicted molar refractivity (Wildman–Crippen MR) is 51.0 cm³/mol. The molecule has 0 fully saturated rings. The highest BCUT2D eigenvalue weighted by atomic mass is 19.4. The molecule has 0 spiro atoms. The average molecular weight is 232 g/mol. The second kappa shape index (κ2) is 5.11. The zero-order valence-electron chi connectivity index (χ0n) is 8.38. The van der Waals surface area contributed by atoms with Gasteiger partial charge in [0.05, 0.1) is 0 Å². The molecule has 0 amide bonds. The summed E-state index contributed by atoms with van der Waals surface area (Å²) in [5.74, 6) is -0.323. The number of hydrogen-bond donors (Lipinski definition) is 0. The molecule has 0 bridgehead atoms. The fourth-order valence-electron chi connectivity index (χ4n) is 0.945. The van der Waals surface area contributed by atoms with E-state index in [1.165, 1.54) is 19.2 Å². The molecular weight excluding hydrogens is 224 g/mol. The Morgan fingerprint density at radius 3 is 2.56 bits per heavy atom. The summed E-state index contributed by atoms with van der Waals surface area (Å²) in [6, 6.07) is 3.71. The van der Waals surface area contributed by atoms with E-state index in [1.54, 1.807) is 0 Å². The third-order valence-corrected chi connectivity index (χ3v) is 1.55. The number of alkyl halides is 3. The first-order valence-electron chi connectivity index (χ1n) is 4.19. The third kappa shape index (κ3) is 4.02. The Kier molecular flexibility index (Phi) is 4.06. The van der Waals surface area contributed by atoms with Crippen LogP contribution >= 0.6 is 0 Å². The second-order valence-electron chi connectivity index (χ2n) is 2.80. The van der Waals surface area contributed by atoms with Crippen LogP contribution in [0.4, 0.5) is 13.2 Å². The van der Waals surface area contributed by atoms with E-state index >= 15 is 0 Å². The lowest BCUT2D eigenvalue weighted by molar-refractivity contribution is -0.274. The van der Waals surface area contributed by atoms with Crippen molar-refractivity contribution in [1.29, 1.82) is 0 Å². The molecule has 0 atom stereocenters.